The highest BCUT2D eigenvalue weighted by Gasteiger charge is 2.25. The summed E-state index contributed by atoms with van der Waals surface area (Å²) in [5, 5.41) is 13.8. The second kappa shape index (κ2) is 7.25. The van der Waals surface area contributed by atoms with E-state index in [1.165, 1.54) is 6.33 Å². The average molecular weight is 393 g/mol. The first kappa shape index (κ1) is 17.7. The summed E-state index contributed by atoms with van der Waals surface area (Å²) in [5.41, 5.74) is 3.71. The number of aromatic amines is 1. The van der Waals surface area contributed by atoms with Gasteiger partial charge in [-0.3, -0.25) is 4.98 Å². The van der Waals surface area contributed by atoms with Crippen molar-refractivity contribution in [2.75, 3.05) is 29.9 Å². The maximum absolute atomic E-state index is 14.7. The quantitative estimate of drug-likeness (QED) is 0.478. The normalized spacial score (nSPS) is 16.8. The van der Waals surface area contributed by atoms with Gasteiger partial charge in [-0.05, 0) is 36.6 Å². The topological polar surface area (TPSA) is 103 Å². The third-order valence-electron chi connectivity index (χ3n) is 5.28. The highest BCUT2D eigenvalue weighted by Crippen LogP contribution is 2.34. The number of rotatable bonds is 5. The van der Waals surface area contributed by atoms with Crippen LogP contribution in [0.5, 0.6) is 0 Å². The van der Waals surface area contributed by atoms with E-state index in [0.29, 0.717) is 48.3 Å². The van der Waals surface area contributed by atoms with E-state index in [0.717, 1.165) is 23.3 Å². The Kier molecular flexibility index (Phi) is 4.44. The van der Waals surface area contributed by atoms with Crippen molar-refractivity contribution >= 4 is 33.6 Å². The molecule has 1 aliphatic rings. The molecule has 4 heterocycles. The maximum Gasteiger partial charge on any atom is 0.182 e. The summed E-state index contributed by atoms with van der Waals surface area (Å²) < 4.78 is 14.7. The lowest BCUT2D eigenvalue weighted by molar-refractivity contribution is 0.198. The third-order valence-corrected chi connectivity index (χ3v) is 5.28. The second-order valence-electron chi connectivity index (χ2n) is 7.15. The fraction of sp³-hybridized carbons (Fsp3) is 0.300. The summed E-state index contributed by atoms with van der Waals surface area (Å²) >= 11 is 0. The number of hydrogen-bond acceptors (Lipinski definition) is 7. The molecule has 3 aromatic heterocycles. The van der Waals surface area contributed by atoms with Gasteiger partial charge in [0.15, 0.2) is 11.5 Å². The zero-order valence-electron chi connectivity index (χ0n) is 15.6. The first-order valence-corrected chi connectivity index (χ1v) is 9.58. The molecule has 148 valence electrons. The summed E-state index contributed by atoms with van der Waals surface area (Å²) in [6.45, 7) is 1.80. The van der Waals surface area contributed by atoms with E-state index in [-0.39, 0.29) is 11.9 Å². The molecule has 0 aliphatic carbocycles. The highest BCUT2D eigenvalue weighted by molar-refractivity contribution is 5.93. The van der Waals surface area contributed by atoms with Crippen LogP contribution in [-0.2, 0) is 6.42 Å². The monoisotopic (exact) mass is 393 g/mol. The van der Waals surface area contributed by atoms with Crippen LogP contribution in [0, 0.1) is 5.82 Å². The van der Waals surface area contributed by atoms with Crippen molar-refractivity contribution in [1.82, 2.24) is 24.9 Å². The summed E-state index contributed by atoms with van der Waals surface area (Å²) in [6, 6.07) is 5.06. The minimum atomic E-state index is -0.375. The van der Waals surface area contributed by atoms with Crippen LogP contribution in [0.15, 0.2) is 37.1 Å². The Labute approximate surface area is 165 Å². The van der Waals surface area contributed by atoms with Crippen molar-refractivity contribution in [3.8, 4) is 0 Å². The summed E-state index contributed by atoms with van der Waals surface area (Å²) in [7, 11) is 0. The number of imidazole rings is 1. The molecule has 4 aromatic rings. The van der Waals surface area contributed by atoms with Gasteiger partial charge in [0.25, 0.3) is 0 Å². The zero-order valence-corrected chi connectivity index (χ0v) is 15.6. The molecule has 9 heteroatoms. The SMILES string of the molecule is O[C@@H]1CCN(c2c(CCNc3ncnc4nc[nH]c34)cc(F)c3cccnc23)C1. The molecular formula is C20H20FN7O. The van der Waals surface area contributed by atoms with Gasteiger partial charge < -0.3 is 20.3 Å². The number of fused-ring (bicyclic) bond motifs is 2. The van der Waals surface area contributed by atoms with Gasteiger partial charge in [0.1, 0.15) is 17.7 Å². The fourth-order valence-electron chi connectivity index (χ4n) is 3.94. The van der Waals surface area contributed by atoms with Crippen LogP contribution in [0.1, 0.15) is 12.0 Å². The molecule has 0 saturated carbocycles. The van der Waals surface area contributed by atoms with Gasteiger partial charge in [-0.15, -0.1) is 0 Å². The van der Waals surface area contributed by atoms with Gasteiger partial charge in [0.05, 0.1) is 23.6 Å². The predicted octanol–water partition coefficient (Wildman–Crippen LogP) is 2.27. The molecule has 1 aromatic carbocycles. The van der Waals surface area contributed by atoms with E-state index in [1.54, 1.807) is 30.7 Å². The maximum atomic E-state index is 14.7. The van der Waals surface area contributed by atoms with E-state index in [2.05, 4.69) is 35.1 Å². The zero-order chi connectivity index (χ0) is 19.8. The molecule has 0 radical (unpaired) electrons. The van der Waals surface area contributed by atoms with Gasteiger partial charge >= 0.3 is 0 Å². The Bertz CT molecular complexity index is 1180. The number of nitrogens with zero attached hydrogens (tertiary/aromatic N) is 5. The Balaban J connectivity index is 1.46. The molecule has 29 heavy (non-hydrogen) atoms. The van der Waals surface area contributed by atoms with Crippen molar-refractivity contribution in [3.63, 3.8) is 0 Å². The molecule has 0 spiro atoms. The van der Waals surface area contributed by atoms with E-state index in [4.69, 9.17) is 0 Å². The van der Waals surface area contributed by atoms with E-state index < -0.39 is 0 Å². The summed E-state index contributed by atoms with van der Waals surface area (Å²) in [5.74, 6) is 0.370. The number of β-amino-alcohol motifs (C(OH)–C–C–N with tert-alkyl or cyclic N) is 1. The van der Waals surface area contributed by atoms with Gasteiger partial charge in [0, 0.05) is 31.2 Å². The van der Waals surface area contributed by atoms with Crippen molar-refractivity contribution in [2.45, 2.75) is 18.9 Å². The van der Waals surface area contributed by atoms with E-state index in [1.807, 2.05) is 0 Å². The molecular weight excluding hydrogens is 373 g/mol. The average Bonchev–Trinajstić information content (AvgIpc) is 3.38. The number of benzene rings is 1. The van der Waals surface area contributed by atoms with Crippen LogP contribution in [0.4, 0.5) is 15.9 Å². The number of hydrogen-bond donors (Lipinski definition) is 3. The molecule has 0 amide bonds. The lowest BCUT2D eigenvalue weighted by Crippen LogP contribution is -2.24. The van der Waals surface area contributed by atoms with Gasteiger partial charge in [-0.25, -0.2) is 19.3 Å². The van der Waals surface area contributed by atoms with E-state index in [9.17, 15) is 9.50 Å². The number of aromatic nitrogens is 5. The summed E-state index contributed by atoms with van der Waals surface area (Å²) in [4.78, 5) is 22.1. The number of anilines is 2. The number of H-pyrrole nitrogens is 1. The lowest BCUT2D eigenvalue weighted by atomic mass is 10.0. The fourth-order valence-corrected chi connectivity index (χ4v) is 3.94. The van der Waals surface area contributed by atoms with Crippen molar-refractivity contribution in [2.24, 2.45) is 0 Å². The van der Waals surface area contributed by atoms with Crippen molar-refractivity contribution in [1.29, 1.82) is 0 Å². The van der Waals surface area contributed by atoms with Crippen LogP contribution in [0.3, 0.4) is 0 Å². The molecule has 1 aliphatic heterocycles. The smallest absolute Gasteiger partial charge is 0.182 e. The standard InChI is InChI=1S/C20H20FN7O/c21-15-8-12(3-6-23-19-17-20(25-10-24-17)27-11-26-19)18(28-7-4-13(29)9-28)16-14(15)2-1-5-22-16/h1-2,5,8,10-11,13,29H,3-4,6-7,9H2,(H2,23,24,25,26,27)/t13-/m1/s1. The minimum absolute atomic E-state index is 0.287. The molecule has 0 unspecified atom stereocenters. The van der Waals surface area contributed by atoms with Gasteiger partial charge in [-0.1, -0.05) is 0 Å². The van der Waals surface area contributed by atoms with Gasteiger partial charge in [0.2, 0.25) is 0 Å². The molecule has 1 saturated heterocycles. The van der Waals surface area contributed by atoms with Crippen LogP contribution in [0.2, 0.25) is 0 Å². The number of nitrogens with one attached hydrogen (secondary N) is 2. The number of aliphatic hydroxyl groups is 1. The van der Waals surface area contributed by atoms with Crippen molar-refractivity contribution in [3.05, 3.63) is 48.4 Å². The Hall–Kier alpha value is -3.33. The number of halogens is 1. The van der Waals surface area contributed by atoms with Crippen molar-refractivity contribution < 1.29 is 9.50 Å². The molecule has 0 bridgehead atoms. The second-order valence-corrected chi connectivity index (χ2v) is 7.15. The first-order chi connectivity index (χ1) is 14.2. The number of pyridine rings is 1. The third kappa shape index (κ3) is 3.23. The molecule has 1 atom stereocenters. The van der Waals surface area contributed by atoms with E-state index >= 15 is 0 Å². The molecule has 8 nitrogen and oxygen atoms in total. The first-order valence-electron chi connectivity index (χ1n) is 9.58. The molecule has 1 fully saturated rings. The summed E-state index contributed by atoms with van der Waals surface area (Å²) in [6.07, 6.45) is 5.61. The molecule has 3 N–H and O–H groups in total. The van der Waals surface area contributed by atoms with Crippen LogP contribution in [-0.4, -0.2) is 55.8 Å². The minimum Gasteiger partial charge on any atom is -0.391 e. The highest BCUT2D eigenvalue weighted by atomic mass is 19.1. The van der Waals surface area contributed by atoms with Crippen LogP contribution in [0.25, 0.3) is 22.1 Å². The van der Waals surface area contributed by atoms with Crippen LogP contribution >= 0.6 is 0 Å². The lowest BCUT2D eigenvalue weighted by Gasteiger charge is -2.23. The largest absolute Gasteiger partial charge is 0.391 e. The Morgan fingerprint density at radius 2 is 2.21 bits per heavy atom. The number of aliphatic hydroxyl groups excluding tert-OH is 1. The Morgan fingerprint density at radius 1 is 1.28 bits per heavy atom. The van der Waals surface area contributed by atoms with Gasteiger partial charge in [-0.2, -0.15) is 0 Å². The Morgan fingerprint density at radius 3 is 3.07 bits per heavy atom. The van der Waals surface area contributed by atoms with Crippen LogP contribution < -0.4 is 10.2 Å². The predicted molar refractivity (Wildman–Crippen MR) is 108 cm³/mol. The molecule has 5 rings (SSSR count).